The van der Waals surface area contributed by atoms with Gasteiger partial charge in [-0.05, 0) is 43.0 Å². The Kier molecular flexibility index (Phi) is 4.09. The van der Waals surface area contributed by atoms with E-state index in [2.05, 4.69) is 20.6 Å². The highest BCUT2D eigenvalue weighted by molar-refractivity contribution is 6.00. The number of nitrogen functional groups attached to an aromatic ring is 1. The molecule has 1 aliphatic carbocycles. The molecule has 10 heteroatoms. The minimum absolute atomic E-state index is 0.0948. The van der Waals surface area contributed by atoms with Gasteiger partial charge in [0.1, 0.15) is 12.1 Å². The molecule has 1 aromatic carbocycles. The minimum atomic E-state index is -0.410. The Morgan fingerprint density at radius 2 is 2.13 bits per heavy atom. The monoisotopic (exact) mass is 407 g/mol. The highest BCUT2D eigenvalue weighted by Crippen LogP contribution is 2.47. The number of nitrogens with zero attached hydrogens (tertiary/aromatic N) is 5. The Balaban J connectivity index is 1.38. The van der Waals surface area contributed by atoms with Crippen LogP contribution in [0.5, 0.6) is 0 Å². The molecule has 0 radical (unpaired) electrons. The molecule has 3 atom stereocenters. The molecule has 1 aliphatic heterocycles. The van der Waals surface area contributed by atoms with Crippen molar-refractivity contribution in [2.45, 2.75) is 25.3 Å². The fraction of sp³-hybridized carbons (Fsp3) is 0.350. The van der Waals surface area contributed by atoms with E-state index in [1.165, 1.54) is 0 Å². The molecule has 10 nitrogen and oxygen atoms in total. The van der Waals surface area contributed by atoms with Crippen LogP contribution in [-0.4, -0.2) is 44.6 Å². The molecular weight excluding hydrogens is 386 g/mol. The van der Waals surface area contributed by atoms with Crippen LogP contribution in [0.3, 0.4) is 0 Å². The van der Waals surface area contributed by atoms with Crippen molar-refractivity contribution in [1.82, 2.24) is 20.0 Å². The molecule has 154 valence electrons. The molecule has 1 saturated heterocycles. The van der Waals surface area contributed by atoms with Gasteiger partial charge in [0.25, 0.3) is 0 Å². The van der Waals surface area contributed by atoms with Gasteiger partial charge < -0.3 is 15.8 Å². The Hall–Kier alpha value is -3.69. The van der Waals surface area contributed by atoms with Crippen LogP contribution in [0.2, 0.25) is 0 Å². The number of cyclic esters (lactones) is 1. The number of fused-ring (bicyclic) bond motifs is 1. The molecule has 3 heterocycles. The topological polar surface area (TPSA) is 128 Å². The van der Waals surface area contributed by atoms with Crippen LogP contribution in [0.15, 0.2) is 30.6 Å². The maximum atomic E-state index is 12.6. The van der Waals surface area contributed by atoms with E-state index in [9.17, 15) is 9.59 Å². The van der Waals surface area contributed by atoms with E-state index in [4.69, 9.17) is 10.5 Å². The van der Waals surface area contributed by atoms with Crippen molar-refractivity contribution < 1.29 is 14.3 Å². The van der Waals surface area contributed by atoms with Crippen LogP contribution >= 0.6 is 0 Å². The molecule has 2 fully saturated rings. The molecule has 0 spiro atoms. The zero-order valence-corrected chi connectivity index (χ0v) is 16.6. The second-order valence-corrected chi connectivity index (χ2v) is 7.88. The molecule has 30 heavy (non-hydrogen) atoms. The van der Waals surface area contributed by atoms with Crippen LogP contribution in [-0.2, 0) is 16.6 Å². The van der Waals surface area contributed by atoms with Crippen molar-refractivity contribution in [1.29, 1.82) is 0 Å². The molecule has 2 aliphatic rings. The van der Waals surface area contributed by atoms with Crippen LogP contribution in [0.4, 0.5) is 22.0 Å². The van der Waals surface area contributed by atoms with Gasteiger partial charge in [0.05, 0.1) is 23.6 Å². The zero-order chi connectivity index (χ0) is 21.0. The van der Waals surface area contributed by atoms with Crippen LogP contribution in [0.1, 0.15) is 24.8 Å². The molecule has 3 aromatic rings. The van der Waals surface area contributed by atoms with E-state index in [1.807, 2.05) is 20.2 Å². The Labute approximate surface area is 172 Å². The van der Waals surface area contributed by atoms with Gasteiger partial charge in [-0.2, -0.15) is 5.10 Å². The number of nitrogens with one attached hydrogen (secondary N) is 1. The summed E-state index contributed by atoms with van der Waals surface area (Å²) < 4.78 is 6.83. The van der Waals surface area contributed by atoms with E-state index in [1.54, 1.807) is 34.0 Å². The number of aromatic nitrogens is 4. The van der Waals surface area contributed by atoms with Gasteiger partial charge in [0.2, 0.25) is 5.91 Å². The lowest BCUT2D eigenvalue weighted by molar-refractivity contribution is -0.117. The normalized spacial score (nSPS) is 22.9. The molecule has 2 aromatic heterocycles. The average Bonchev–Trinajstić information content (AvgIpc) is 3.28. The van der Waals surface area contributed by atoms with Gasteiger partial charge in [0, 0.05) is 24.5 Å². The number of aryl methyl sites for hydroxylation is 1. The van der Waals surface area contributed by atoms with E-state index in [0.717, 1.165) is 12.0 Å². The fourth-order valence-electron chi connectivity index (χ4n) is 3.95. The van der Waals surface area contributed by atoms with E-state index >= 15 is 0 Å². The Morgan fingerprint density at radius 1 is 1.30 bits per heavy atom. The smallest absolute Gasteiger partial charge is 0.414 e. The van der Waals surface area contributed by atoms with Gasteiger partial charge in [-0.15, -0.1) is 10.2 Å². The zero-order valence-electron chi connectivity index (χ0n) is 16.6. The van der Waals surface area contributed by atoms with Crippen molar-refractivity contribution in [2.24, 2.45) is 13.0 Å². The van der Waals surface area contributed by atoms with Gasteiger partial charge in [-0.25, -0.2) is 4.79 Å². The van der Waals surface area contributed by atoms with Crippen molar-refractivity contribution in [3.8, 4) is 0 Å². The van der Waals surface area contributed by atoms with Crippen molar-refractivity contribution in [3.05, 3.63) is 36.2 Å². The first-order chi connectivity index (χ1) is 14.4. The number of benzene rings is 1. The number of anilines is 3. The summed E-state index contributed by atoms with van der Waals surface area (Å²) >= 11 is 0. The van der Waals surface area contributed by atoms with E-state index in [-0.39, 0.29) is 23.8 Å². The van der Waals surface area contributed by atoms with E-state index in [0.29, 0.717) is 34.7 Å². The SMILES string of the molecule is C[C@H]1COC(=O)N1c1cc(N)c2nnc(NC(=O)[C@H]3C[C@@H]3c3cnn(C)c3)cc2c1. The summed E-state index contributed by atoms with van der Waals surface area (Å²) in [6.45, 7) is 2.22. The highest BCUT2D eigenvalue weighted by atomic mass is 16.6. The molecule has 0 unspecified atom stereocenters. The number of rotatable bonds is 4. The van der Waals surface area contributed by atoms with Crippen molar-refractivity contribution in [3.63, 3.8) is 0 Å². The van der Waals surface area contributed by atoms with Crippen molar-refractivity contribution >= 4 is 40.1 Å². The third-order valence-corrected chi connectivity index (χ3v) is 5.60. The van der Waals surface area contributed by atoms with Crippen LogP contribution < -0.4 is 16.0 Å². The summed E-state index contributed by atoms with van der Waals surface area (Å²) in [6, 6.07) is 5.10. The number of hydrogen-bond acceptors (Lipinski definition) is 7. The molecular formula is C20H21N7O3. The number of amides is 2. The summed E-state index contributed by atoms with van der Waals surface area (Å²) in [5.41, 5.74) is 8.73. The average molecular weight is 407 g/mol. The number of ether oxygens (including phenoxy) is 1. The molecule has 1 saturated carbocycles. The summed E-state index contributed by atoms with van der Waals surface area (Å²) in [4.78, 5) is 26.2. The minimum Gasteiger partial charge on any atom is -0.447 e. The van der Waals surface area contributed by atoms with Crippen molar-refractivity contribution in [2.75, 3.05) is 22.6 Å². The third kappa shape index (κ3) is 3.10. The highest BCUT2D eigenvalue weighted by Gasteiger charge is 2.44. The molecule has 5 rings (SSSR count). The third-order valence-electron chi connectivity index (χ3n) is 5.60. The van der Waals surface area contributed by atoms with Crippen LogP contribution in [0.25, 0.3) is 10.9 Å². The van der Waals surface area contributed by atoms with Crippen LogP contribution in [0, 0.1) is 5.92 Å². The second kappa shape index (κ2) is 6.68. The lowest BCUT2D eigenvalue weighted by atomic mass is 10.1. The first-order valence-electron chi connectivity index (χ1n) is 9.73. The van der Waals surface area contributed by atoms with E-state index < -0.39 is 6.09 Å². The van der Waals surface area contributed by atoms with Gasteiger partial charge in [-0.1, -0.05) is 0 Å². The predicted molar refractivity (Wildman–Crippen MR) is 110 cm³/mol. The number of carbonyl (C=O) groups excluding carboxylic acids is 2. The standard InChI is InChI=1S/C20H21N7O3/c1-10-9-30-20(29)27(10)13-3-11-4-17(24-25-18(11)16(21)5-13)23-19(28)15-6-14(15)12-7-22-26(2)8-12/h3-5,7-8,10,14-15H,6,9,21H2,1-2H3,(H,23,24,28)/t10-,14+,15-/m0/s1. The summed E-state index contributed by atoms with van der Waals surface area (Å²) in [6.07, 6.45) is 4.10. The maximum Gasteiger partial charge on any atom is 0.414 e. The molecule has 3 N–H and O–H groups in total. The largest absolute Gasteiger partial charge is 0.447 e. The fourth-order valence-corrected chi connectivity index (χ4v) is 3.95. The Morgan fingerprint density at radius 3 is 2.83 bits per heavy atom. The number of hydrogen-bond donors (Lipinski definition) is 2. The second-order valence-electron chi connectivity index (χ2n) is 7.88. The number of carbonyl (C=O) groups is 2. The lowest BCUT2D eigenvalue weighted by Crippen LogP contribution is -2.30. The Bertz CT molecular complexity index is 1170. The maximum absolute atomic E-state index is 12.6. The first-order valence-corrected chi connectivity index (χ1v) is 9.73. The van der Waals surface area contributed by atoms with Gasteiger partial charge in [0.15, 0.2) is 5.82 Å². The summed E-state index contributed by atoms with van der Waals surface area (Å²) in [7, 11) is 1.86. The summed E-state index contributed by atoms with van der Waals surface area (Å²) in [5, 5.41) is 15.9. The quantitative estimate of drug-likeness (QED) is 0.633. The van der Waals surface area contributed by atoms with Gasteiger partial charge in [-0.3, -0.25) is 14.4 Å². The predicted octanol–water partition coefficient (Wildman–Crippen LogP) is 2.03. The first kappa shape index (κ1) is 18.3. The molecule has 2 amide bonds. The lowest BCUT2D eigenvalue weighted by Gasteiger charge is -2.19. The number of nitrogens with two attached hydrogens (primary N) is 1. The molecule has 0 bridgehead atoms. The van der Waals surface area contributed by atoms with Gasteiger partial charge >= 0.3 is 6.09 Å². The summed E-state index contributed by atoms with van der Waals surface area (Å²) in [5.74, 6) is 0.316.